The summed E-state index contributed by atoms with van der Waals surface area (Å²) in [7, 11) is 0. The van der Waals surface area contributed by atoms with Crippen LogP contribution < -0.4 is 0 Å². The Kier molecular flexibility index (Phi) is 2.04. The minimum absolute atomic E-state index is 0.0127. The lowest BCUT2D eigenvalue weighted by molar-refractivity contribution is -0.129. The monoisotopic (exact) mass is 294 g/mol. The van der Waals surface area contributed by atoms with Gasteiger partial charge in [0.1, 0.15) is 0 Å². The van der Waals surface area contributed by atoms with Crippen LogP contribution in [0.15, 0.2) is 23.3 Å². The van der Waals surface area contributed by atoms with E-state index >= 15 is 0 Å². The Labute approximate surface area is 131 Å². The minimum atomic E-state index is 0.0127. The molecule has 0 aromatic heterocycles. The zero-order valence-corrected chi connectivity index (χ0v) is 12.9. The van der Waals surface area contributed by atoms with Gasteiger partial charge in [-0.15, -0.1) is 0 Å². The lowest BCUT2D eigenvalue weighted by Crippen LogP contribution is -2.38. The fourth-order valence-corrected chi connectivity index (χ4v) is 7.94. The van der Waals surface area contributed by atoms with Gasteiger partial charge in [-0.2, -0.15) is 0 Å². The maximum atomic E-state index is 12.7. The van der Waals surface area contributed by atoms with Gasteiger partial charge < -0.3 is 0 Å². The Morgan fingerprint density at radius 2 is 1.32 bits per heavy atom. The van der Waals surface area contributed by atoms with Gasteiger partial charge in [0.05, 0.1) is 0 Å². The van der Waals surface area contributed by atoms with Crippen LogP contribution in [0.25, 0.3) is 0 Å². The Hall–Kier alpha value is -1.18. The van der Waals surface area contributed by atoms with Crippen molar-refractivity contribution in [3.63, 3.8) is 0 Å². The highest BCUT2D eigenvalue weighted by Crippen LogP contribution is 2.77. The van der Waals surface area contributed by atoms with Crippen molar-refractivity contribution in [3.05, 3.63) is 23.3 Å². The van der Waals surface area contributed by atoms with Crippen LogP contribution in [-0.2, 0) is 9.59 Å². The van der Waals surface area contributed by atoms with Crippen molar-refractivity contribution in [3.8, 4) is 0 Å². The molecule has 114 valence electrons. The first-order valence-corrected chi connectivity index (χ1v) is 9.22. The summed E-state index contributed by atoms with van der Waals surface area (Å²) >= 11 is 0. The zero-order chi connectivity index (χ0) is 14.6. The van der Waals surface area contributed by atoms with E-state index < -0.39 is 0 Å². The van der Waals surface area contributed by atoms with Crippen LogP contribution in [0.1, 0.15) is 44.9 Å². The second kappa shape index (κ2) is 3.66. The highest BCUT2D eigenvalue weighted by Gasteiger charge is 2.72. The summed E-state index contributed by atoms with van der Waals surface area (Å²) in [5.74, 6) is 2.96. The van der Waals surface area contributed by atoms with Crippen molar-refractivity contribution in [1.82, 2.24) is 0 Å². The van der Waals surface area contributed by atoms with Crippen molar-refractivity contribution in [1.29, 1.82) is 0 Å². The van der Waals surface area contributed by atoms with E-state index in [9.17, 15) is 9.59 Å². The lowest BCUT2D eigenvalue weighted by Gasteiger charge is -2.35. The molecule has 0 aromatic carbocycles. The summed E-state index contributed by atoms with van der Waals surface area (Å²) in [6, 6.07) is 0. The van der Waals surface area contributed by atoms with Gasteiger partial charge in [-0.3, -0.25) is 9.59 Å². The third-order valence-corrected chi connectivity index (χ3v) is 8.26. The predicted molar refractivity (Wildman–Crippen MR) is 81.9 cm³/mol. The number of hydrogen-bond acceptors (Lipinski definition) is 2. The smallest absolute Gasteiger partial charge is 0.160 e. The average Bonchev–Trinajstić information content (AvgIpc) is 3.30. The highest BCUT2D eigenvalue weighted by molar-refractivity contribution is 6.08. The van der Waals surface area contributed by atoms with Crippen molar-refractivity contribution in [2.75, 3.05) is 0 Å². The molecule has 6 rings (SSSR count). The van der Waals surface area contributed by atoms with Crippen LogP contribution in [0, 0.1) is 40.9 Å². The summed E-state index contributed by atoms with van der Waals surface area (Å²) in [6.07, 6.45) is 12.4. The number of allylic oxidation sites excluding steroid dienone is 4. The molecule has 0 N–H and O–H groups in total. The van der Waals surface area contributed by atoms with Gasteiger partial charge in [0.15, 0.2) is 11.6 Å². The Bertz CT molecular complexity index is 626. The summed E-state index contributed by atoms with van der Waals surface area (Å²) < 4.78 is 0. The van der Waals surface area contributed by atoms with E-state index in [1.165, 1.54) is 44.9 Å². The van der Waals surface area contributed by atoms with E-state index in [-0.39, 0.29) is 23.4 Å². The molecular weight excluding hydrogens is 272 g/mol. The number of rotatable bonds is 0. The topological polar surface area (TPSA) is 34.1 Å². The molecule has 0 heterocycles. The standard InChI is InChI=1S/C20H22O2/c21-12-5-6-13(22)17-16(12)18-14-10-3-4-11(9-10)15(14)19(17)20(18)7-1-2-8-20/h5-6,10-11,16-19H,1-4,7-9H2/t10-,11-,16-,17+,18+,19+/m0/s1. The number of fused-ring (bicyclic) bond motifs is 9. The molecular formula is C20H22O2. The van der Waals surface area contributed by atoms with E-state index in [4.69, 9.17) is 0 Å². The quantitative estimate of drug-likeness (QED) is 0.641. The van der Waals surface area contributed by atoms with Gasteiger partial charge in [0, 0.05) is 11.8 Å². The first-order chi connectivity index (χ1) is 10.7. The first kappa shape index (κ1) is 12.3. The van der Waals surface area contributed by atoms with Crippen LogP contribution in [0.5, 0.6) is 0 Å². The molecule has 6 atom stereocenters. The van der Waals surface area contributed by atoms with E-state index in [2.05, 4.69) is 0 Å². The van der Waals surface area contributed by atoms with E-state index in [1.54, 1.807) is 23.3 Å². The molecule has 3 fully saturated rings. The maximum absolute atomic E-state index is 12.7. The number of carbonyl (C=O) groups excluding carboxylic acids is 2. The van der Waals surface area contributed by atoms with Gasteiger partial charge in [-0.1, -0.05) is 24.0 Å². The number of carbonyl (C=O) groups is 2. The maximum Gasteiger partial charge on any atom is 0.160 e. The van der Waals surface area contributed by atoms with Crippen molar-refractivity contribution < 1.29 is 9.59 Å². The molecule has 4 bridgehead atoms. The summed E-state index contributed by atoms with van der Waals surface area (Å²) in [5, 5.41) is 0. The highest BCUT2D eigenvalue weighted by atomic mass is 16.1. The molecule has 3 saturated carbocycles. The minimum Gasteiger partial charge on any atom is -0.294 e. The molecule has 22 heavy (non-hydrogen) atoms. The van der Waals surface area contributed by atoms with Crippen LogP contribution in [0.4, 0.5) is 0 Å². The van der Waals surface area contributed by atoms with Crippen molar-refractivity contribution >= 4 is 11.6 Å². The first-order valence-electron chi connectivity index (χ1n) is 9.22. The van der Waals surface area contributed by atoms with E-state index in [1.807, 2.05) is 0 Å². The third kappa shape index (κ3) is 1.10. The second-order valence-electron chi connectivity index (χ2n) is 8.70. The fraction of sp³-hybridized carbons (Fsp3) is 0.700. The van der Waals surface area contributed by atoms with Crippen LogP contribution in [0.2, 0.25) is 0 Å². The summed E-state index contributed by atoms with van der Waals surface area (Å²) in [6.45, 7) is 0. The van der Waals surface area contributed by atoms with Crippen LogP contribution in [0.3, 0.4) is 0 Å². The Morgan fingerprint density at radius 1 is 0.818 bits per heavy atom. The fourth-order valence-electron chi connectivity index (χ4n) is 7.94. The molecule has 0 amide bonds. The lowest BCUT2D eigenvalue weighted by atomic mass is 9.67. The molecule has 0 radical (unpaired) electrons. The molecule has 1 spiro atoms. The second-order valence-corrected chi connectivity index (χ2v) is 8.70. The molecule has 0 unspecified atom stereocenters. The van der Waals surface area contributed by atoms with Gasteiger partial charge in [-0.05, 0) is 73.3 Å². The van der Waals surface area contributed by atoms with Gasteiger partial charge in [-0.25, -0.2) is 0 Å². The molecule has 6 aliphatic carbocycles. The average molecular weight is 294 g/mol. The molecule has 2 nitrogen and oxygen atoms in total. The van der Waals surface area contributed by atoms with Crippen LogP contribution in [-0.4, -0.2) is 11.6 Å². The summed E-state index contributed by atoms with van der Waals surface area (Å²) in [5.41, 5.74) is 3.72. The molecule has 2 heteroatoms. The van der Waals surface area contributed by atoms with Crippen LogP contribution >= 0.6 is 0 Å². The molecule has 0 aliphatic heterocycles. The summed E-state index contributed by atoms with van der Waals surface area (Å²) in [4.78, 5) is 25.4. The van der Waals surface area contributed by atoms with Crippen molar-refractivity contribution in [2.24, 2.45) is 40.9 Å². The Balaban J connectivity index is 1.60. The third-order valence-electron chi connectivity index (χ3n) is 8.26. The van der Waals surface area contributed by atoms with Gasteiger partial charge in [0.2, 0.25) is 0 Å². The number of ketones is 2. The Morgan fingerprint density at radius 3 is 1.82 bits per heavy atom. The SMILES string of the molecule is O=C1C=CC(=O)[C@H]2[C@@H]1[C@H]1C3=C([C@H]4CC[C@H]3C4)[C@H]2C12CCCC2. The molecule has 0 aromatic rings. The zero-order valence-electron chi connectivity index (χ0n) is 12.9. The number of hydrogen-bond donors (Lipinski definition) is 0. The largest absolute Gasteiger partial charge is 0.294 e. The predicted octanol–water partition coefficient (Wildman–Crippen LogP) is 3.47. The normalized spacial score (nSPS) is 49.6. The molecule has 6 aliphatic rings. The van der Waals surface area contributed by atoms with Crippen molar-refractivity contribution in [2.45, 2.75) is 44.9 Å². The van der Waals surface area contributed by atoms with E-state index in [0.717, 1.165) is 11.8 Å². The molecule has 0 saturated heterocycles. The van der Waals surface area contributed by atoms with Gasteiger partial charge in [0.25, 0.3) is 0 Å². The van der Waals surface area contributed by atoms with Gasteiger partial charge >= 0.3 is 0 Å². The van der Waals surface area contributed by atoms with E-state index in [0.29, 0.717) is 17.3 Å².